The third-order valence-electron chi connectivity index (χ3n) is 5.13. The monoisotopic (exact) mass is 562 g/mol. The summed E-state index contributed by atoms with van der Waals surface area (Å²) in [6.07, 6.45) is 1.36. The molecule has 0 saturated heterocycles. The molecule has 37 heavy (non-hydrogen) atoms. The number of rotatable bonds is 9. The fraction of sp³-hybridized carbons (Fsp3) is 0.296. The molecule has 0 aliphatic rings. The van der Waals surface area contributed by atoms with Crippen molar-refractivity contribution < 1.29 is 24.2 Å². The van der Waals surface area contributed by atoms with E-state index in [2.05, 4.69) is 31.1 Å². The fourth-order valence-electron chi connectivity index (χ4n) is 3.36. The highest BCUT2D eigenvalue weighted by Crippen LogP contribution is 2.36. The van der Waals surface area contributed by atoms with Crippen molar-refractivity contribution in [3.05, 3.63) is 68.0 Å². The second-order valence-corrected chi connectivity index (χ2v) is 11.2. The van der Waals surface area contributed by atoms with Crippen molar-refractivity contribution in [2.24, 2.45) is 5.41 Å². The molecule has 1 heterocycles. The molecule has 3 rings (SSSR count). The lowest BCUT2D eigenvalue weighted by molar-refractivity contribution is -0.132. The molecule has 1 aromatic heterocycles. The fourth-order valence-corrected chi connectivity index (χ4v) is 4.67. The second-order valence-electron chi connectivity index (χ2n) is 9.53. The summed E-state index contributed by atoms with van der Waals surface area (Å²) in [5.41, 5.74) is 3.00. The molecule has 0 unspecified atom stereocenters. The minimum Gasteiger partial charge on any atom is -0.496 e. The van der Waals surface area contributed by atoms with Crippen LogP contribution in [0.2, 0.25) is 10.0 Å². The van der Waals surface area contributed by atoms with Gasteiger partial charge in [0.05, 0.1) is 36.1 Å². The van der Waals surface area contributed by atoms with Crippen LogP contribution in [0.15, 0.2) is 41.3 Å². The molecule has 0 aliphatic carbocycles. The zero-order valence-corrected chi connectivity index (χ0v) is 23.5. The average molecular weight is 564 g/mol. The van der Waals surface area contributed by atoms with E-state index in [4.69, 9.17) is 37.8 Å². The second kappa shape index (κ2) is 12.1. The van der Waals surface area contributed by atoms with Gasteiger partial charge in [0.25, 0.3) is 5.91 Å². The van der Waals surface area contributed by atoms with Gasteiger partial charge in [0.1, 0.15) is 5.75 Å². The van der Waals surface area contributed by atoms with Gasteiger partial charge in [-0.2, -0.15) is 0 Å². The third kappa shape index (κ3) is 7.55. The zero-order valence-electron chi connectivity index (χ0n) is 21.1. The van der Waals surface area contributed by atoms with Gasteiger partial charge in [0.15, 0.2) is 5.13 Å². The van der Waals surface area contributed by atoms with Crippen LogP contribution in [-0.4, -0.2) is 35.7 Å². The highest BCUT2D eigenvalue weighted by Gasteiger charge is 2.18. The lowest BCUT2D eigenvalue weighted by atomic mass is 9.99. The number of carbonyl (C=O) groups is 2. The summed E-state index contributed by atoms with van der Waals surface area (Å²) in [5, 5.41) is 14.4. The van der Waals surface area contributed by atoms with Crippen molar-refractivity contribution in [1.82, 2.24) is 4.98 Å². The first-order valence-corrected chi connectivity index (χ1v) is 12.9. The Balaban J connectivity index is 1.79. The number of amides is 1. The number of benzene rings is 2. The van der Waals surface area contributed by atoms with Crippen LogP contribution in [0, 0.1) is 5.41 Å². The van der Waals surface area contributed by atoms with E-state index in [0.29, 0.717) is 35.4 Å². The first-order chi connectivity index (χ1) is 17.4. The van der Waals surface area contributed by atoms with Crippen LogP contribution in [0.3, 0.4) is 0 Å². The summed E-state index contributed by atoms with van der Waals surface area (Å²) in [4.78, 5) is 28.5. The Hall–Kier alpha value is -2.91. The van der Waals surface area contributed by atoms with Crippen molar-refractivity contribution in [3.63, 3.8) is 0 Å². The van der Waals surface area contributed by atoms with Crippen LogP contribution < -0.4 is 10.1 Å². The van der Waals surface area contributed by atoms with Gasteiger partial charge in [-0.25, -0.2) is 9.78 Å². The number of aliphatic carboxylic acids is 1. The minimum atomic E-state index is -1.09. The van der Waals surface area contributed by atoms with Gasteiger partial charge in [0, 0.05) is 33.2 Å². The Morgan fingerprint density at radius 3 is 2.46 bits per heavy atom. The molecule has 2 N–H and O–H groups in total. The number of ether oxygens (including phenoxy) is 2. The van der Waals surface area contributed by atoms with Crippen LogP contribution in [0.1, 0.15) is 49.2 Å². The van der Waals surface area contributed by atoms with Crippen molar-refractivity contribution in [2.45, 2.75) is 34.3 Å². The number of aromatic nitrogens is 1. The van der Waals surface area contributed by atoms with Gasteiger partial charge < -0.3 is 14.6 Å². The summed E-state index contributed by atoms with van der Waals surface area (Å²) in [6.45, 7) is 8.77. The minimum absolute atomic E-state index is 0.0513. The molecule has 0 saturated carbocycles. The molecule has 0 aliphatic heterocycles. The van der Waals surface area contributed by atoms with Gasteiger partial charge in [-0.1, -0.05) is 56.1 Å². The Morgan fingerprint density at radius 1 is 1.19 bits per heavy atom. The molecular formula is C27H28Cl2N2O5S. The highest BCUT2D eigenvalue weighted by molar-refractivity contribution is 7.14. The van der Waals surface area contributed by atoms with Crippen molar-refractivity contribution in [2.75, 3.05) is 19.0 Å². The van der Waals surface area contributed by atoms with Crippen LogP contribution in [0.5, 0.6) is 5.75 Å². The normalized spacial score (nSPS) is 11.9. The van der Waals surface area contributed by atoms with E-state index in [1.165, 1.54) is 36.5 Å². The first kappa shape index (κ1) is 28.7. The van der Waals surface area contributed by atoms with Gasteiger partial charge in [-0.3, -0.25) is 10.1 Å². The van der Waals surface area contributed by atoms with Gasteiger partial charge in [-0.05, 0) is 36.6 Å². The molecular weight excluding hydrogens is 535 g/mol. The number of methoxy groups -OCH3 is 1. The Bertz CT molecular complexity index is 1320. The number of nitrogens with one attached hydrogen (secondary N) is 1. The summed E-state index contributed by atoms with van der Waals surface area (Å²) in [6, 6.07) is 8.63. The summed E-state index contributed by atoms with van der Waals surface area (Å²) >= 11 is 13.8. The Labute approximate surface area is 230 Å². The summed E-state index contributed by atoms with van der Waals surface area (Å²) in [5.74, 6) is -0.877. The number of thiazole rings is 1. The molecule has 1 amide bonds. The van der Waals surface area contributed by atoms with E-state index in [1.54, 1.807) is 7.11 Å². The number of carboxylic acids is 1. The number of para-hydroxylation sites is 1. The molecule has 196 valence electrons. The third-order valence-corrected chi connectivity index (χ3v) is 6.52. The smallest absolute Gasteiger partial charge is 0.331 e. The lowest BCUT2D eigenvalue weighted by Crippen LogP contribution is -2.14. The largest absolute Gasteiger partial charge is 0.496 e. The van der Waals surface area contributed by atoms with Crippen LogP contribution >= 0.6 is 34.5 Å². The number of carboxylic acid groups (broad SMARTS) is 1. The topological polar surface area (TPSA) is 97.8 Å². The van der Waals surface area contributed by atoms with E-state index in [1.807, 2.05) is 23.6 Å². The molecule has 3 aromatic rings. The van der Waals surface area contributed by atoms with Gasteiger partial charge >= 0.3 is 5.97 Å². The van der Waals surface area contributed by atoms with Crippen molar-refractivity contribution >= 4 is 57.6 Å². The number of halogens is 2. The number of carbonyl (C=O) groups excluding carboxylic acids is 1. The van der Waals surface area contributed by atoms with Crippen LogP contribution in [0.25, 0.3) is 17.3 Å². The van der Waals surface area contributed by atoms with E-state index in [9.17, 15) is 9.59 Å². The SMILES string of the molecule is COc1c(COCC(C)(C)C)cccc1-c1csc(NC(=O)c2cc(Cl)c(C=C(C)C(=O)O)c(Cl)c2)n1. The van der Waals surface area contributed by atoms with Gasteiger partial charge in [-0.15, -0.1) is 11.3 Å². The number of hydrogen-bond donors (Lipinski definition) is 2. The van der Waals surface area contributed by atoms with E-state index in [-0.39, 0.29) is 26.6 Å². The molecule has 7 nitrogen and oxygen atoms in total. The number of hydrogen-bond acceptors (Lipinski definition) is 6. The standard InChI is InChI=1S/C27H28Cl2N2O5S/c1-15(25(33)34)9-19-20(28)10-17(11-21(19)29)24(32)31-26-30-22(13-37-26)18-8-6-7-16(23(18)35-5)12-36-14-27(2,3)4/h6-11,13H,12,14H2,1-5H3,(H,33,34)(H,30,31,32). The molecule has 0 atom stereocenters. The molecule has 0 spiro atoms. The van der Waals surface area contributed by atoms with Crippen molar-refractivity contribution in [3.8, 4) is 17.0 Å². The Kier molecular flexibility index (Phi) is 9.36. The molecule has 2 aromatic carbocycles. The quantitative estimate of drug-likeness (QED) is 0.263. The maximum Gasteiger partial charge on any atom is 0.331 e. The number of anilines is 1. The predicted octanol–water partition coefficient (Wildman–Crippen LogP) is 7.43. The molecule has 0 bridgehead atoms. The zero-order chi connectivity index (χ0) is 27.3. The molecule has 0 radical (unpaired) electrons. The highest BCUT2D eigenvalue weighted by atomic mass is 35.5. The van der Waals surface area contributed by atoms with E-state index in [0.717, 1.165) is 11.1 Å². The van der Waals surface area contributed by atoms with E-state index < -0.39 is 11.9 Å². The average Bonchev–Trinajstić information content (AvgIpc) is 3.28. The van der Waals surface area contributed by atoms with Crippen LogP contribution in [0.4, 0.5) is 5.13 Å². The lowest BCUT2D eigenvalue weighted by Gasteiger charge is -2.19. The maximum atomic E-state index is 12.9. The predicted molar refractivity (Wildman–Crippen MR) is 149 cm³/mol. The molecule has 0 fully saturated rings. The van der Waals surface area contributed by atoms with Gasteiger partial charge in [0.2, 0.25) is 0 Å². The summed E-state index contributed by atoms with van der Waals surface area (Å²) < 4.78 is 11.6. The van der Waals surface area contributed by atoms with Crippen molar-refractivity contribution in [1.29, 1.82) is 0 Å². The van der Waals surface area contributed by atoms with E-state index >= 15 is 0 Å². The maximum absolute atomic E-state index is 12.9. The number of nitrogens with zero attached hydrogens (tertiary/aromatic N) is 1. The summed E-state index contributed by atoms with van der Waals surface area (Å²) in [7, 11) is 1.60. The first-order valence-electron chi connectivity index (χ1n) is 11.3. The van der Waals surface area contributed by atoms with Crippen LogP contribution in [-0.2, 0) is 16.1 Å². The Morgan fingerprint density at radius 2 is 1.86 bits per heavy atom. The molecule has 10 heteroatoms.